The quantitative estimate of drug-likeness (QED) is 0.330. The van der Waals surface area contributed by atoms with Gasteiger partial charge in [-0.1, -0.05) is 6.07 Å². The van der Waals surface area contributed by atoms with Crippen molar-refractivity contribution in [2.45, 2.75) is 32.4 Å². The molecule has 1 aliphatic rings. The summed E-state index contributed by atoms with van der Waals surface area (Å²) in [6, 6.07) is 6.53. The van der Waals surface area contributed by atoms with E-state index in [0.29, 0.717) is 12.6 Å². The number of aromatic nitrogens is 1. The van der Waals surface area contributed by atoms with Crippen molar-refractivity contribution in [1.82, 2.24) is 20.5 Å². The lowest BCUT2D eigenvalue weighted by Gasteiger charge is -2.32. The highest BCUT2D eigenvalue weighted by Gasteiger charge is 2.19. The SMILES string of the molecule is CCNC(=NCc1cccc(N(C)C)n1)NC1CCN(CCOC)CC1.I. The molecular weight excluding hydrogens is 455 g/mol. The van der Waals surface area contributed by atoms with E-state index in [2.05, 4.69) is 27.4 Å². The van der Waals surface area contributed by atoms with Crippen molar-refractivity contribution in [2.24, 2.45) is 4.99 Å². The molecule has 7 nitrogen and oxygen atoms in total. The summed E-state index contributed by atoms with van der Waals surface area (Å²) in [4.78, 5) is 13.8. The Bertz CT molecular complexity index is 561. The van der Waals surface area contributed by atoms with Crippen molar-refractivity contribution < 1.29 is 4.74 Å². The van der Waals surface area contributed by atoms with Crippen molar-refractivity contribution in [3.63, 3.8) is 0 Å². The predicted octanol–water partition coefficient (Wildman–Crippen LogP) is 1.93. The van der Waals surface area contributed by atoms with Gasteiger partial charge in [-0.15, -0.1) is 24.0 Å². The molecule has 8 heteroatoms. The van der Waals surface area contributed by atoms with E-state index in [1.807, 2.05) is 37.2 Å². The summed E-state index contributed by atoms with van der Waals surface area (Å²) in [5.41, 5.74) is 0.975. The van der Waals surface area contributed by atoms with Crippen molar-refractivity contribution in [3.05, 3.63) is 23.9 Å². The molecule has 1 aromatic rings. The average molecular weight is 490 g/mol. The fourth-order valence-electron chi connectivity index (χ4n) is 3.00. The van der Waals surface area contributed by atoms with Crippen LogP contribution in [0.25, 0.3) is 0 Å². The van der Waals surface area contributed by atoms with Gasteiger partial charge in [0.1, 0.15) is 5.82 Å². The molecule has 0 unspecified atom stereocenters. The third kappa shape index (κ3) is 8.61. The van der Waals surface area contributed by atoms with E-state index in [9.17, 15) is 0 Å². The lowest BCUT2D eigenvalue weighted by molar-refractivity contribution is 0.128. The zero-order chi connectivity index (χ0) is 18.8. The van der Waals surface area contributed by atoms with Gasteiger partial charge >= 0.3 is 0 Å². The number of nitrogens with zero attached hydrogens (tertiary/aromatic N) is 4. The molecule has 0 aromatic carbocycles. The van der Waals surface area contributed by atoms with Gasteiger partial charge in [0.05, 0.1) is 18.8 Å². The first kappa shape index (κ1) is 23.9. The van der Waals surface area contributed by atoms with E-state index in [1.165, 1.54) is 0 Å². The van der Waals surface area contributed by atoms with E-state index in [0.717, 1.165) is 63.1 Å². The minimum absolute atomic E-state index is 0. The van der Waals surface area contributed by atoms with Gasteiger partial charge in [0, 0.05) is 53.4 Å². The predicted molar refractivity (Wildman–Crippen MR) is 123 cm³/mol. The molecule has 2 N–H and O–H groups in total. The molecule has 1 aromatic heterocycles. The maximum atomic E-state index is 5.17. The van der Waals surface area contributed by atoms with Crippen molar-refractivity contribution in [1.29, 1.82) is 0 Å². The standard InChI is InChI=1S/C19H34N6O.HI/c1-5-20-19(21-15-17-7-6-8-18(22-17)24(2)3)23-16-9-11-25(12-10-16)13-14-26-4;/h6-8,16H,5,9-15H2,1-4H3,(H2,20,21,23);1H. The first-order valence-corrected chi connectivity index (χ1v) is 9.51. The van der Waals surface area contributed by atoms with E-state index in [1.54, 1.807) is 7.11 Å². The number of aliphatic imine (C=N–C) groups is 1. The summed E-state index contributed by atoms with van der Waals surface area (Å²) in [6.45, 7) is 7.55. The first-order chi connectivity index (χ1) is 12.6. The monoisotopic (exact) mass is 490 g/mol. The number of hydrogen-bond acceptors (Lipinski definition) is 5. The summed E-state index contributed by atoms with van der Waals surface area (Å²) < 4.78 is 5.17. The van der Waals surface area contributed by atoms with Crippen molar-refractivity contribution in [2.75, 3.05) is 58.9 Å². The van der Waals surface area contributed by atoms with Crippen LogP contribution in [0.15, 0.2) is 23.2 Å². The van der Waals surface area contributed by atoms with Gasteiger partial charge in [-0.05, 0) is 31.9 Å². The number of nitrogens with one attached hydrogen (secondary N) is 2. The molecule has 0 amide bonds. The summed E-state index contributed by atoms with van der Waals surface area (Å²) >= 11 is 0. The van der Waals surface area contributed by atoms with Crippen LogP contribution in [0.1, 0.15) is 25.5 Å². The second-order valence-electron chi connectivity index (χ2n) is 6.83. The van der Waals surface area contributed by atoms with Gasteiger partial charge in [0.25, 0.3) is 0 Å². The normalized spacial score (nSPS) is 15.9. The molecule has 1 fully saturated rings. The van der Waals surface area contributed by atoms with Gasteiger partial charge in [-0.3, -0.25) is 0 Å². The highest BCUT2D eigenvalue weighted by atomic mass is 127. The Labute approximate surface area is 181 Å². The van der Waals surface area contributed by atoms with Crippen LogP contribution in [0.5, 0.6) is 0 Å². The van der Waals surface area contributed by atoms with Crippen LogP contribution >= 0.6 is 24.0 Å². The number of rotatable bonds is 8. The van der Waals surface area contributed by atoms with Gasteiger partial charge in [-0.2, -0.15) is 0 Å². The number of piperidine rings is 1. The molecule has 1 aliphatic heterocycles. The van der Waals surface area contributed by atoms with Crippen LogP contribution < -0.4 is 15.5 Å². The van der Waals surface area contributed by atoms with E-state index < -0.39 is 0 Å². The number of halogens is 1. The lowest BCUT2D eigenvalue weighted by atomic mass is 10.1. The van der Waals surface area contributed by atoms with E-state index >= 15 is 0 Å². The Morgan fingerprint density at radius 1 is 1.33 bits per heavy atom. The number of methoxy groups -OCH3 is 1. The van der Waals surface area contributed by atoms with Crippen molar-refractivity contribution >= 4 is 35.8 Å². The summed E-state index contributed by atoms with van der Waals surface area (Å²) in [5, 5.41) is 6.93. The Morgan fingerprint density at radius 2 is 2.07 bits per heavy atom. The van der Waals surface area contributed by atoms with Gasteiger partial charge in [0.15, 0.2) is 5.96 Å². The summed E-state index contributed by atoms with van der Waals surface area (Å²) in [5.74, 6) is 1.83. The smallest absolute Gasteiger partial charge is 0.191 e. The number of guanidine groups is 1. The van der Waals surface area contributed by atoms with Gasteiger partial charge in [-0.25, -0.2) is 9.98 Å². The molecule has 1 saturated heterocycles. The van der Waals surface area contributed by atoms with Gasteiger partial charge in [0.2, 0.25) is 0 Å². The molecule has 2 heterocycles. The fourth-order valence-corrected chi connectivity index (χ4v) is 3.00. The lowest BCUT2D eigenvalue weighted by Crippen LogP contribution is -2.49. The highest BCUT2D eigenvalue weighted by molar-refractivity contribution is 14.0. The molecule has 154 valence electrons. The average Bonchev–Trinajstić information content (AvgIpc) is 2.66. The number of ether oxygens (including phenoxy) is 1. The van der Waals surface area contributed by atoms with Crippen LogP contribution in [0.2, 0.25) is 0 Å². The van der Waals surface area contributed by atoms with Crippen LogP contribution in [0, 0.1) is 0 Å². The molecule has 0 bridgehead atoms. The Hall–Kier alpha value is -1.13. The third-order valence-electron chi connectivity index (χ3n) is 4.53. The second-order valence-corrected chi connectivity index (χ2v) is 6.83. The molecule has 0 spiro atoms. The fraction of sp³-hybridized carbons (Fsp3) is 0.684. The zero-order valence-corrected chi connectivity index (χ0v) is 19.4. The van der Waals surface area contributed by atoms with Crippen LogP contribution in [-0.2, 0) is 11.3 Å². The number of pyridine rings is 1. The van der Waals surface area contributed by atoms with Crippen LogP contribution in [-0.4, -0.2) is 75.9 Å². The van der Waals surface area contributed by atoms with E-state index in [4.69, 9.17) is 9.73 Å². The number of anilines is 1. The van der Waals surface area contributed by atoms with Crippen LogP contribution in [0.4, 0.5) is 5.82 Å². The molecule has 27 heavy (non-hydrogen) atoms. The third-order valence-corrected chi connectivity index (χ3v) is 4.53. The van der Waals surface area contributed by atoms with Gasteiger partial charge < -0.3 is 25.2 Å². The molecule has 0 saturated carbocycles. The maximum Gasteiger partial charge on any atom is 0.191 e. The van der Waals surface area contributed by atoms with Crippen LogP contribution in [0.3, 0.4) is 0 Å². The zero-order valence-electron chi connectivity index (χ0n) is 17.1. The molecular formula is C19H35IN6O. The molecule has 0 radical (unpaired) electrons. The highest BCUT2D eigenvalue weighted by Crippen LogP contribution is 2.11. The summed E-state index contributed by atoms with van der Waals surface area (Å²) in [7, 11) is 5.76. The van der Waals surface area contributed by atoms with Crippen molar-refractivity contribution in [3.8, 4) is 0 Å². The minimum Gasteiger partial charge on any atom is -0.383 e. The van der Waals surface area contributed by atoms with E-state index in [-0.39, 0.29) is 24.0 Å². The Kier molecular flexibility index (Phi) is 11.6. The Balaban J connectivity index is 0.00000364. The topological polar surface area (TPSA) is 65.0 Å². The maximum absolute atomic E-state index is 5.17. The summed E-state index contributed by atoms with van der Waals surface area (Å²) in [6.07, 6.45) is 2.25. The second kappa shape index (κ2) is 13.1. The molecule has 2 rings (SSSR count). The minimum atomic E-state index is 0. The largest absolute Gasteiger partial charge is 0.383 e. The molecule has 0 atom stereocenters. The number of likely N-dealkylation sites (tertiary alicyclic amines) is 1. The first-order valence-electron chi connectivity index (χ1n) is 9.51. The molecule has 0 aliphatic carbocycles. The number of hydrogen-bond donors (Lipinski definition) is 2. The Morgan fingerprint density at radius 3 is 2.70 bits per heavy atom.